The van der Waals surface area contributed by atoms with Gasteiger partial charge in [-0.05, 0) is 18.6 Å². The van der Waals surface area contributed by atoms with E-state index in [0.29, 0.717) is 24.7 Å². The van der Waals surface area contributed by atoms with E-state index in [-0.39, 0.29) is 5.91 Å². The monoisotopic (exact) mass is 243 g/mol. The van der Waals surface area contributed by atoms with E-state index in [9.17, 15) is 4.79 Å². The minimum atomic E-state index is 0.168. The largest absolute Gasteiger partial charge is 0.335 e. The molecular weight excluding hydrogens is 230 g/mol. The Labute approximate surface area is 104 Å². The summed E-state index contributed by atoms with van der Waals surface area (Å²) in [5.41, 5.74) is 0.893. The zero-order valence-corrected chi connectivity index (χ0v) is 9.87. The van der Waals surface area contributed by atoms with E-state index in [1.807, 2.05) is 30.3 Å². The van der Waals surface area contributed by atoms with Crippen LogP contribution in [0.2, 0.25) is 0 Å². The highest BCUT2D eigenvalue weighted by Crippen LogP contribution is 2.18. The number of hydrogen-bond donors (Lipinski definition) is 0. The summed E-state index contributed by atoms with van der Waals surface area (Å²) in [6, 6.07) is 9.60. The number of hydrogen-bond acceptors (Lipinski definition) is 4. The molecular formula is C13H13N3O2. The van der Waals surface area contributed by atoms with E-state index < -0.39 is 0 Å². The molecule has 1 fully saturated rings. The Morgan fingerprint density at radius 3 is 2.83 bits per heavy atom. The van der Waals surface area contributed by atoms with Gasteiger partial charge >= 0.3 is 0 Å². The predicted molar refractivity (Wildman–Crippen MR) is 64.4 cm³/mol. The maximum Gasteiger partial charge on any atom is 0.257 e. The summed E-state index contributed by atoms with van der Waals surface area (Å²) in [4.78, 5) is 17.6. The number of likely N-dealkylation sites (tertiary alicyclic amines) is 1. The fourth-order valence-corrected chi connectivity index (χ4v) is 2.06. The third-order valence-corrected chi connectivity index (χ3v) is 2.99. The highest BCUT2D eigenvalue weighted by Gasteiger charge is 2.22. The van der Waals surface area contributed by atoms with E-state index in [2.05, 4.69) is 10.1 Å². The summed E-state index contributed by atoms with van der Waals surface area (Å²) in [6.45, 7) is 1.23. The summed E-state index contributed by atoms with van der Waals surface area (Å²) in [7, 11) is 0. The Bertz CT molecular complexity index is 550. The maximum atomic E-state index is 11.5. The van der Waals surface area contributed by atoms with Crippen molar-refractivity contribution >= 4 is 5.91 Å². The Hall–Kier alpha value is -2.17. The van der Waals surface area contributed by atoms with Gasteiger partial charge in [-0.1, -0.05) is 23.4 Å². The number of carbonyl (C=O) groups is 1. The van der Waals surface area contributed by atoms with Crippen LogP contribution in [-0.2, 0) is 11.3 Å². The first-order valence-corrected chi connectivity index (χ1v) is 5.99. The average molecular weight is 243 g/mol. The minimum absolute atomic E-state index is 0.168. The molecule has 1 saturated heterocycles. The molecule has 1 aromatic heterocycles. The molecule has 2 heterocycles. The van der Waals surface area contributed by atoms with Crippen molar-refractivity contribution in [3.63, 3.8) is 0 Å². The number of aromatic nitrogens is 2. The van der Waals surface area contributed by atoms with Gasteiger partial charge in [-0.2, -0.15) is 4.98 Å². The van der Waals surface area contributed by atoms with Crippen LogP contribution in [0.3, 0.4) is 0 Å². The molecule has 5 heteroatoms. The summed E-state index contributed by atoms with van der Waals surface area (Å²) in [6.07, 6.45) is 1.55. The van der Waals surface area contributed by atoms with Crippen molar-refractivity contribution in [1.29, 1.82) is 0 Å². The van der Waals surface area contributed by atoms with Gasteiger partial charge in [0.05, 0.1) is 6.54 Å². The van der Waals surface area contributed by atoms with Crippen LogP contribution in [0.15, 0.2) is 34.9 Å². The molecule has 0 unspecified atom stereocenters. The fourth-order valence-electron chi connectivity index (χ4n) is 2.06. The van der Waals surface area contributed by atoms with Crippen LogP contribution in [-0.4, -0.2) is 27.5 Å². The number of carbonyl (C=O) groups excluding carboxylic acids is 1. The standard InChI is InChI=1S/C13H13N3O2/c17-12-7-4-8-16(12)9-11-14-13(18-15-11)10-5-2-1-3-6-10/h1-3,5-6H,4,7-9H2. The Balaban J connectivity index is 1.76. The first-order valence-electron chi connectivity index (χ1n) is 5.99. The van der Waals surface area contributed by atoms with Crippen molar-refractivity contribution in [1.82, 2.24) is 15.0 Å². The molecule has 0 spiro atoms. The molecule has 1 aromatic carbocycles. The van der Waals surface area contributed by atoms with E-state index in [0.717, 1.165) is 18.5 Å². The Kier molecular flexibility index (Phi) is 2.80. The van der Waals surface area contributed by atoms with Crippen molar-refractivity contribution in [3.05, 3.63) is 36.2 Å². The van der Waals surface area contributed by atoms with Crippen molar-refractivity contribution < 1.29 is 9.32 Å². The Morgan fingerprint density at radius 1 is 1.28 bits per heavy atom. The molecule has 92 valence electrons. The lowest BCUT2D eigenvalue weighted by Crippen LogP contribution is -2.24. The Morgan fingerprint density at radius 2 is 2.11 bits per heavy atom. The third kappa shape index (κ3) is 2.11. The molecule has 1 amide bonds. The zero-order valence-electron chi connectivity index (χ0n) is 9.87. The highest BCUT2D eigenvalue weighted by molar-refractivity contribution is 5.77. The molecule has 5 nitrogen and oxygen atoms in total. The van der Waals surface area contributed by atoms with Crippen LogP contribution < -0.4 is 0 Å². The number of nitrogens with zero attached hydrogens (tertiary/aromatic N) is 3. The summed E-state index contributed by atoms with van der Waals surface area (Å²) >= 11 is 0. The SMILES string of the molecule is O=C1CCCN1Cc1noc(-c2ccccc2)n1. The van der Waals surface area contributed by atoms with Gasteiger partial charge in [0.1, 0.15) is 0 Å². The molecule has 1 aliphatic rings. The molecule has 0 aliphatic carbocycles. The third-order valence-electron chi connectivity index (χ3n) is 2.99. The van der Waals surface area contributed by atoms with E-state index in [1.165, 1.54) is 0 Å². The van der Waals surface area contributed by atoms with Gasteiger partial charge in [-0.15, -0.1) is 0 Å². The summed E-state index contributed by atoms with van der Waals surface area (Å²) < 4.78 is 5.20. The fraction of sp³-hybridized carbons (Fsp3) is 0.308. The van der Waals surface area contributed by atoms with Gasteiger partial charge in [-0.25, -0.2) is 0 Å². The lowest BCUT2D eigenvalue weighted by Gasteiger charge is -2.11. The van der Waals surface area contributed by atoms with Crippen molar-refractivity contribution in [2.45, 2.75) is 19.4 Å². The first kappa shape index (κ1) is 11.0. The van der Waals surface area contributed by atoms with Gasteiger partial charge in [0, 0.05) is 18.5 Å². The smallest absolute Gasteiger partial charge is 0.257 e. The minimum Gasteiger partial charge on any atom is -0.335 e. The van der Waals surface area contributed by atoms with Crippen molar-refractivity contribution in [2.75, 3.05) is 6.54 Å². The molecule has 18 heavy (non-hydrogen) atoms. The van der Waals surface area contributed by atoms with Crippen molar-refractivity contribution in [3.8, 4) is 11.5 Å². The number of benzene rings is 1. The molecule has 3 rings (SSSR count). The van der Waals surface area contributed by atoms with Crippen LogP contribution in [0.4, 0.5) is 0 Å². The van der Waals surface area contributed by atoms with Crippen molar-refractivity contribution in [2.24, 2.45) is 0 Å². The zero-order chi connectivity index (χ0) is 12.4. The van der Waals surface area contributed by atoms with Crippen LogP contribution in [0, 0.1) is 0 Å². The molecule has 0 saturated carbocycles. The van der Waals surface area contributed by atoms with Crippen LogP contribution >= 0.6 is 0 Å². The molecule has 1 aliphatic heterocycles. The van der Waals surface area contributed by atoms with E-state index >= 15 is 0 Å². The quantitative estimate of drug-likeness (QED) is 0.825. The molecule has 0 atom stereocenters. The number of rotatable bonds is 3. The second-order valence-electron chi connectivity index (χ2n) is 4.30. The average Bonchev–Trinajstić information content (AvgIpc) is 3.02. The first-order chi connectivity index (χ1) is 8.83. The van der Waals surface area contributed by atoms with Gasteiger partial charge in [-0.3, -0.25) is 4.79 Å². The summed E-state index contributed by atoms with van der Waals surface area (Å²) in [5, 5.41) is 3.91. The van der Waals surface area contributed by atoms with Gasteiger partial charge < -0.3 is 9.42 Å². The van der Waals surface area contributed by atoms with Crippen LogP contribution in [0.5, 0.6) is 0 Å². The molecule has 0 radical (unpaired) electrons. The van der Waals surface area contributed by atoms with Gasteiger partial charge in [0.25, 0.3) is 5.89 Å². The lowest BCUT2D eigenvalue weighted by atomic mass is 10.2. The van der Waals surface area contributed by atoms with Crippen LogP contribution in [0.1, 0.15) is 18.7 Å². The molecule has 2 aromatic rings. The topological polar surface area (TPSA) is 59.2 Å². The second-order valence-corrected chi connectivity index (χ2v) is 4.30. The molecule has 0 N–H and O–H groups in total. The van der Waals surface area contributed by atoms with Gasteiger partial charge in [0.2, 0.25) is 5.91 Å². The predicted octanol–water partition coefficient (Wildman–Crippen LogP) is 1.86. The molecule has 0 bridgehead atoms. The second kappa shape index (κ2) is 4.60. The van der Waals surface area contributed by atoms with E-state index in [4.69, 9.17) is 4.52 Å². The maximum absolute atomic E-state index is 11.5. The van der Waals surface area contributed by atoms with Gasteiger partial charge in [0.15, 0.2) is 5.82 Å². The van der Waals surface area contributed by atoms with E-state index in [1.54, 1.807) is 4.90 Å². The normalized spacial score (nSPS) is 15.3. The summed E-state index contributed by atoms with van der Waals surface area (Å²) in [5.74, 6) is 1.22. The lowest BCUT2D eigenvalue weighted by molar-refractivity contribution is -0.128. The number of amides is 1. The highest BCUT2D eigenvalue weighted by atomic mass is 16.5. The van der Waals surface area contributed by atoms with Crippen LogP contribution in [0.25, 0.3) is 11.5 Å².